The Morgan fingerprint density at radius 3 is 2.73 bits per heavy atom. The highest BCUT2D eigenvalue weighted by Crippen LogP contribution is 2.52. The van der Waals surface area contributed by atoms with Gasteiger partial charge >= 0.3 is 0 Å². The molecule has 2 bridgehead atoms. The summed E-state index contributed by atoms with van der Waals surface area (Å²) in [5, 5.41) is 10.8. The van der Waals surface area contributed by atoms with Gasteiger partial charge in [0.05, 0.1) is 5.92 Å². The van der Waals surface area contributed by atoms with Crippen molar-refractivity contribution in [3.63, 3.8) is 0 Å². The lowest BCUT2D eigenvalue weighted by Crippen LogP contribution is -2.37. The van der Waals surface area contributed by atoms with E-state index in [1.165, 1.54) is 5.56 Å². The maximum absolute atomic E-state index is 12.8. The second-order valence-corrected chi connectivity index (χ2v) is 7.91. The van der Waals surface area contributed by atoms with Crippen LogP contribution in [0, 0.1) is 17.8 Å². The van der Waals surface area contributed by atoms with Crippen molar-refractivity contribution in [2.45, 2.75) is 44.1 Å². The van der Waals surface area contributed by atoms with Crippen molar-refractivity contribution in [2.75, 3.05) is 0 Å². The molecular weight excluding hydrogens is 324 g/mol. The molecule has 0 spiro atoms. The van der Waals surface area contributed by atoms with Gasteiger partial charge < -0.3 is 5.32 Å². The number of carbonyl (C=O) groups is 1. The van der Waals surface area contributed by atoms with E-state index in [1.54, 1.807) is 0 Å². The number of aryl methyl sites for hydroxylation is 2. The van der Waals surface area contributed by atoms with Crippen LogP contribution in [0.2, 0.25) is 0 Å². The van der Waals surface area contributed by atoms with Gasteiger partial charge in [-0.25, -0.2) is 4.98 Å². The van der Waals surface area contributed by atoms with Gasteiger partial charge in [-0.1, -0.05) is 42.5 Å². The summed E-state index contributed by atoms with van der Waals surface area (Å²) >= 11 is 0. The molecule has 2 N–H and O–H groups in total. The van der Waals surface area contributed by atoms with Crippen LogP contribution in [0.4, 0.5) is 0 Å². The second-order valence-electron chi connectivity index (χ2n) is 7.91. The lowest BCUT2D eigenvalue weighted by Gasteiger charge is -2.25. The average molecular weight is 348 g/mol. The number of fused-ring (bicyclic) bond motifs is 2. The zero-order valence-electron chi connectivity index (χ0n) is 14.8. The smallest absolute Gasteiger partial charge is 0.224 e. The van der Waals surface area contributed by atoms with Gasteiger partial charge in [0.2, 0.25) is 5.91 Å². The van der Waals surface area contributed by atoms with E-state index in [-0.39, 0.29) is 17.7 Å². The Bertz CT molecular complexity index is 824. The number of hydrogen-bond donors (Lipinski definition) is 2. The molecule has 3 aliphatic rings. The highest BCUT2D eigenvalue weighted by molar-refractivity contribution is 5.81. The Balaban J connectivity index is 1.31. The first kappa shape index (κ1) is 15.8. The average Bonchev–Trinajstić information content (AvgIpc) is 3.09. The van der Waals surface area contributed by atoms with Crippen LogP contribution in [-0.4, -0.2) is 27.1 Å². The number of aromatic amines is 1. The number of nitrogens with zero attached hydrogens (tertiary/aromatic N) is 2. The normalized spacial score (nSPS) is 29.2. The molecule has 5 nitrogen and oxygen atoms in total. The Labute approximate surface area is 153 Å². The van der Waals surface area contributed by atoms with Crippen LogP contribution < -0.4 is 5.32 Å². The van der Waals surface area contributed by atoms with E-state index >= 15 is 0 Å². The Morgan fingerprint density at radius 2 is 1.92 bits per heavy atom. The minimum absolute atomic E-state index is 0.0108. The summed E-state index contributed by atoms with van der Waals surface area (Å²) in [4.78, 5) is 17.5. The van der Waals surface area contributed by atoms with E-state index in [2.05, 4.69) is 51.9 Å². The molecule has 0 radical (unpaired) electrons. The Hall–Kier alpha value is -2.43. The van der Waals surface area contributed by atoms with Crippen molar-refractivity contribution >= 4 is 5.91 Å². The van der Waals surface area contributed by atoms with E-state index in [0.717, 1.165) is 43.8 Å². The number of nitrogens with one attached hydrogen (secondary N) is 2. The maximum Gasteiger partial charge on any atom is 0.224 e. The maximum atomic E-state index is 12.8. The number of amides is 1. The number of rotatable bonds is 6. The number of H-pyrrole nitrogens is 1. The number of aromatic nitrogens is 3. The summed E-state index contributed by atoms with van der Waals surface area (Å²) in [5.41, 5.74) is 1.30. The molecule has 0 aliphatic heterocycles. The zero-order chi connectivity index (χ0) is 17.5. The first-order chi connectivity index (χ1) is 12.8. The largest absolute Gasteiger partial charge is 0.353 e. The van der Waals surface area contributed by atoms with Crippen molar-refractivity contribution in [3.8, 4) is 0 Å². The summed E-state index contributed by atoms with van der Waals surface area (Å²) < 4.78 is 0. The molecule has 1 aromatic heterocycles. The molecule has 1 heterocycles. The molecule has 134 valence electrons. The first-order valence-electron chi connectivity index (χ1n) is 9.72. The molecule has 5 heteroatoms. The van der Waals surface area contributed by atoms with Crippen molar-refractivity contribution in [1.82, 2.24) is 20.5 Å². The topological polar surface area (TPSA) is 70.7 Å². The molecule has 0 saturated heterocycles. The third-order valence-electron chi connectivity index (χ3n) is 6.03. The monoisotopic (exact) mass is 348 g/mol. The predicted molar refractivity (Wildman–Crippen MR) is 98.4 cm³/mol. The molecule has 2 saturated carbocycles. The van der Waals surface area contributed by atoms with Gasteiger partial charge in [0.25, 0.3) is 0 Å². The van der Waals surface area contributed by atoms with Crippen LogP contribution in [0.15, 0.2) is 42.5 Å². The van der Waals surface area contributed by atoms with Crippen LogP contribution in [0.25, 0.3) is 0 Å². The lowest BCUT2D eigenvalue weighted by atomic mass is 9.82. The molecule has 5 rings (SSSR count). The third-order valence-corrected chi connectivity index (χ3v) is 6.03. The minimum Gasteiger partial charge on any atom is -0.353 e. The molecule has 26 heavy (non-hydrogen) atoms. The summed E-state index contributed by atoms with van der Waals surface area (Å²) in [7, 11) is 0. The van der Waals surface area contributed by atoms with Crippen molar-refractivity contribution in [3.05, 3.63) is 59.7 Å². The van der Waals surface area contributed by atoms with Gasteiger partial charge in [0.15, 0.2) is 5.82 Å². The zero-order valence-corrected chi connectivity index (χ0v) is 14.8. The van der Waals surface area contributed by atoms with Gasteiger partial charge in [-0.05, 0) is 43.1 Å². The van der Waals surface area contributed by atoms with Crippen LogP contribution in [0.1, 0.15) is 42.4 Å². The molecule has 3 aliphatic carbocycles. The fourth-order valence-electron chi connectivity index (χ4n) is 4.54. The molecule has 2 aromatic rings. The second kappa shape index (κ2) is 6.38. The van der Waals surface area contributed by atoms with Gasteiger partial charge in [-0.2, -0.15) is 5.10 Å². The van der Waals surface area contributed by atoms with E-state index in [0.29, 0.717) is 17.9 Å². The fourth-order valence-corrected chi connectivity index (χ4v) is 4.54. The summed E-state index contributed by atoms with van der Waals surface area (Å²) in [6.45, 7) is 0. The fraction of sp³-hybridized carbons (Fsp3) is 0.476. The van der Waals surface area contributed by atoms with Crippen LogP contribution in [0.5, 0.6) is 0 Å². The molecule has 0 unspecified atom stereocenters. The number of carbonyl (C=O) groups excluding carboxylic acids is 1. The number of hydrogen-bond acceptors (Lipinski definition) is 3. The Morgan fingerprint density at radius 1 is 1.12 bits per heavy atom. The molecule has 2 fully saturated rings. The summed E-state index contributed by atoms with van der Waals surface area (Å²) in [6, 6.07) is 10.8. The van der Waals surface area contributed by atoms with E-state index in [1.807, 2.05) is 6.07 Å². The third kappa shape index (κ3) is 2.96. The SMILES string of the molecule is O=C(NC1CC1)[C@@H]1[C@@H](c2n[nH]c(CCc3ccccc3)n2)[C@H]2C=C[C@@H]1C2. The van der Waals surface area contributed by atoms with Crippen LogP contribution in [0.3, 0.4) is 0 Å². The molecular formula is C21H24N4O. The van der Waals surface area contributed by atoms with Gasteiger partial charge in [-0.3, -0.25) is 9.89 Å². The van der Waals surface area contributed by atoms with Gasteiger partial charge in [0, 0.05) is 18.4 Å². The quantitative estimate of drug-likeness (QED) is 0.789. The molecule has 1 aromatic carbocycles. The highest BCUT2D eigenvalue weighted by Gasteiger charge is 2.51. The number of benzene rings is 1. The standard InChI is InChI=1S/C21H24N4O/c26-21(22-16-9-10-16)19-15-8-7-14(12-15)18(19)20-23-17(24-25-20)11-6-13-4-2-1-3-5-13/h1-5,7-8,14-16,18-19H,6,9-12H2,(H,22,26)(H,23,24,25)/t14-,15+,18-,19-/m0/s1. The van der Waals surface area contributed by atoms with Crippen LogP contribution >= 0.6 is 0 Å². The van der Waals surface area contributed by atoms with Crippen LogP contribution in [-0.2, 0) is 17.6 Å². The predicted octanol–water partition coefficient (Wildman–Crippen LogP) is 2.77. The number of allylic oxidation sites excluding steroid dienone is 2. The van der Waals surface area contributed by atoms with Gasteiger partial charge in [-0.15, -0.1) is 0 Å². The van der Waals surface area contributed by atoms with Crippen molar-refractivity contribution in [2.24, 2.45) is 17.8 Å². The van der Waals surface area contributed by atoms with Crippen molar-refractivity contribution in [1.29, 1.82) is 0 Å². The van der Waals surface area contributed by atoms with Gasteiger partial charge in [0.1, 0.15) is 5.82 Å². The Kier molecular flexibility index (Phi) is 3.88. The highest BCUT2D eigenvalue weighted by atomic mass is 16.2. The minimum atomic E-state index is -0.0108. The van der Waals surface area contributed by atoms with Crippen molar-refractivity contribution < 1.29 is 4.79 Å². The van der Waals surface area contributed by atoms with E-state index in [9.17, 15) is 4.79 Å². The molecule has 1 amide bonds. The summed E-state index contributed by atoms with van der Waals surface area (Å²) in [6.07, 6.45) is 9.57. The summed E-state index contributed by atoms with van der Waals surface area (Å²) in [5.74, 6) is 2.78. The van der Waals surface area contributed by atoms with E-state index < -0.39 is 0 Å². The van der Waals surface area contributed by atoms with E-state index in [4.69, 9.17) is 4.98 Å². The molecule has 4 atom stereocenters. The lowest BCUT2D eigenvalue weighted by molar-refractivity contribution is -0.126. The first-order valence-corrected chi connectivity index (χ1v) is 9.72.